The predicted octanol–water partition coefficient (Wildman–Crippen LogP) is 4.23. The van der Waals surface area contributed by atoms with E-state index < -0.39 is 5.50 Å². The summed E-state index contributed by atoms with van der Waals surface area (Å²) >= 11 is 4.45. The van der Waals surface area contributed by atoms with Gasteiger partial charge in [0.25, 0.3) is 5.91 Å². The number of amides is 2. The quantitative estimate of drug-likeness (QED) is 0.115. The molecule has 0 saturated carbocycles. The van der Waals surface area contributed by atoms with Crippen molar-refractivity contribution in [3.63, 3.8) is 0 Å². The van der Waals surface area contributed by atoms with Gasteiger partial charge in [-0.25, -0.2) is 0 Å². The van der Waals surface area contributed by atoms with E-state index >= 15 is 0 Å². The SMILES string of the molecule is C/C=C(OC)\C(=C/C)C(=O)Nc1cccc(NC(S)NC(=O)C2=CC(OC)=C(OC)C(OC)=CC2)c1. The van der Waals surface area contributed by atoms with E-state index in [2.05, 4.69) is 28.6 Å². The second kappa shape index (κ2) is 13.9. The standard InChI is InChI=1S/C26H33N3O6S/c1-7-19(20(8-2)32-3)25(31)27-17-10-9-11-18(15-17)28-26(36)29-24(30)16-12-13-21(33-4)23(35-6)22(14-16)34-5/h7-11,13-15,26,28,36H,12H2,1-6H3,(H,27,31)(H,29,30)/b19-7+,20-8+. The first-order chi connectivity index (χ1) is 17.3. The van der Waals surface area contributed by atoms with Crippen LogP contribution in [0.3, 0.4) is 0 Å². The van der Waals surface area contributed by atoms with Crippen molar-refractivity contribution in [2.45, 2.75) is 25.8 Å². The second-order valence-electron chi connectivity index (χ2n) is 7.36. The molecule has 9 nitrogen and oxygen atoms in total. The van der Waals surface area contributed by atoms with Crippen LogP contribution in [-0.2, 0) is 28.5 Å². The Morgan fingerprint density at radius 3 is 2.33 bits per heavy atom. The van der Waals surface area contributed by atoms with Crippen LogP contribution in [0.5, 0.6) is 0 Å². The van der Waals surface area contributed by atoms with Crippen molar-refractivity contribution in [1.29, 1.82) is 0 Å². The maximum atomic E-state index is 12.9. The third kappa shape index (κ3) is 7.35. The van der Waals surface area contributed by atoms with Crippen molar-refractivity contribution in [3.8, 4) is 0 Å². The van der Waals surface area contributed by atoms with Gasteiger partial charge in [-0.15, -0.1) is 12.6 Å². The zero-order valence-corrected chi connectivity index (χ0v) is 22.2. The minimum Gasteiger partial charge on any atom is -0.496 e. The summed E-state index contributed by atoms with van der Waals surface area (Å²) in [7, 11) is 6.02. The van der Waals surface area contributed by atoms with Crippen LogP contribution in [0.15, 0.2) is 82.8 Å². The monoisotopic (exact) mass is 515 g/mol. The Hall–Kier alpha value is -3.79. The number of nitrogens with one attached hydrogen (secondary N) is 3. The minimum absolute atomic E-state index is 0.304. The van der Waals surface area contributed by atoms with Gasteiger partial charge in [0.15, 0.2) is 11.5 Å². The number of carbonyl (C=O) groups is 2. The van der Waals surface area contributed by atoms with Crippen LogP contribution in [0.25, 0.3) is 0 Å². The lowest BCUT2D eigenvalue weighted by atomic mass is 10.1. The number of hydrogen-bond acceptors (Lipinski definition) is 8. The van der Waals surface area contributed by atoms with Gasteiger partial charge in [0.2, 0.25) is 11.7 Å². The number of ether oxygens (including phenoxy) is 4. The maximum Gasteiger partial charge on any atom is 0.259 e. The molecule has 0 saturated heterocycles. The molecule has 36 heavy (non-hydrogen) atoms. The van der Waals surface area contributed by atoms with E-state index in [9.17, 15) is 9.59 Å². The summed E-state index contributed by atoms with van der Waals surface area (Å²) in [6.07, 6.45) is 7.05. The molecule has 2 rings (SSSR count). The Kier molecular flexibility index (Phi) is 11.0. The Balaban J connectivity index is 2.09. The molecular weight excluding hydrogens is 482 g/mol. The molecule has 10 heteroatoms. The number of carbonyl (C=O) groups excluding carboxylic acids is 2. The van der Waals surface area contributed by atoms with Crippen molar-refractivity contribution in [3.05, 3.63) is 82.8 Å². The molecule has 0 bridgehead atoms. The van der Waals surface area contributed by atoms with E-state index in [1.807, 2.05) is 0 Å². The summed E-state index contributed by atoms with van der Waals surface area (Å²) in [4.78, 5) is 25.6. The summed E-state index contributed by atoms with van der Waals surface area (Å²) in [5, 5.41) is 8.73. The first kappa shape index (κ1) is 28.4. The average Bonchev–Trinajstić information content (AvgIpc) is 3.05. The Morgan fingerprint density at radius 1 is 1.03 bits per heavy atom. The maximum absolute atomic E-state index is 12.9. The first-order valence-electron chi connectivity index (χ1n) is 11.1. The van der Waals surface area contributed by atoms with Gasteiger partial charge in [0.05, 0.1) is 34.0 Å². The second-order valence-corrected chi connectivity index (χ2v) is 7.88. The van der Waals surface area contributed by atoms with Gasteiger partial charge in [-0.3, -0.25) is 9.59 Å². The number of thiol groups is 1. The van der Waals surface area contributed by atoms with Crippen LogP contribution in [0.2, 0.25) is 0 Å². The van der Waals surface area contributed by atoms with Gasteiger partial charge in [-0.2, -0.15) is 0 Å². The topological polar surface area (TPSA) is 107 Å². The number of hydrogen-bond donors (Lipinski definition) is 4. The molecule has 3 N–H and O–H groups in total. The van der Waals surface area contributed by atoms with Crippen LogP contribution >= 0.6 is 12.6 Å². The van der Waals surface area contributed by atoms with E-state index in [0.717, 1.165) is 0 Å². The smallest absolute Gasteiger partial charge is 0.259 e. The molecule has 1 aliphatic rings. The third-order valence-electron chi connectivity index (χ3n) is 5.17. The Bertz CT molecular complexity index is 1120. The molecular formula is C26H33N3O6S. The van der Waals surface area contributed by atoms with E-state index in [1.54, 1.807) is 62.4 Å². The largest absolute Gasteiger partial charge is 0.496 e. The molecule has 1 aromatic rings. The van der Waals surface area contributed by atoms with E-state index in [-0.39, 0.29) is 11.8 Å². The van der Waals surface area contributed by atoms with Gasteiger partial charge < -0.3 is 34.9 Å². The third-order valence-corrected chi connectivity index (χ3v) is 5.43. The van der Waals surface area contributed by atoms with Gasteiger partial charge in [0.1, 0.15) is 11.3 Å². The lowest BCUT2D eigenvalue weighted by molar-refractivity contribution is -0.117. The van der Waals surface area contributed by atoms with Crippen molar-refractivity contribution < 1.29 is 28.5 Å². The molecule has 0 aliphatic heterocycles. The number of allylic oxidation sites excluding steroid dienone is 4. The minimum atomic E-state index is -0.718. The highest BCUT2D eigenvalue weighted by molar-refractivity contribution is 7.81. The van der Waals surface area contributed by atoms with Gasteiger partial charge in [-0.1, -0.05) is 12.1 Å². The fourth-order valence-corrected chi connectivity index (χ4v) is 3.72. The van der Waals surface area contributed by atoms with Crippen molar-refractivity contribution in [2.24, 2.45) is 0 Å². The van der Waals surface area contributed by atoms with Crippen LogP contribution in [0.1, 0.15) is 20.3 Å². The molecule has 0 spiro atoms. The lowest BCUT2D eigenvalue weighted by Crippen LogP contribution is -2.37. The first-order valence-corrected chi connectivity index (χ1v) is 11.6. The highest BCUT2D eigenvalue weighted by atomic mass is 32.1. The fraction of sp³-hybridized carbons (Fsp3) is 0.308. The van der Waals surface area contributed by atoms with E-state index in [4.69, 9.17) is 18.9 Å². The zero-order chi connectivity index (χ0) is 26.7. The Labute approximate surface area is 217 Å². The Morgan fingerprint density at radius 2 is 1.75 bits per heavy atom. The average molecular weight is 516 g/mol. The highest BCUT2D eigenvalue weighted by Gasteiger charge is 2.21. The molecule has 0 radical (unpaired) electrons. The summed E-state index contributed by atoms with van der Waals surface area (Å²) in [5.74, 6) is 1.07. The summed E-state index contributed by atoms with van der Waals surface area (Å²) in [6, 6.07) is 7.06. The van der Waals surface area contributed by atoms with Crippen LogP contribution < -0.4 is 16.0 Å². The van der Waals surface area contributed by atoms with Crippen LogP contribution in [0, 0.1) is 0 Å². The summed E-state index contributed by atoms with van der Waals surface area (Å²) in [5.41, 5.74) is 1.34. The number of benzene rings is 1. The fourth-order valence-electron chi connectivity index (χ4n) is 3.45. The predicted molar refractivity (Wildman–Crippen MR) is 143 cm³/mol. The molecule has 1 aliphatic carbocycles. The van der Waals surface area contributed by atoms with Gasteiger partial charge in [-0.05, 0) is 56.7 Å². The molecule has 194 valence electrons. The molecule has 1 atom stereocenters. The molecule has 2 amide bonds. The molecule has 0 aromatic heterocycles. The normalized spacial score (nSPS) is 15.1. The van der Waals surface area contributed by atoms with Crippen molar-refractivity contribution in [1.82, 2.24) is 5.32 Å². The van der Waals surface area contributed by atoms with Crippen LogP contribution in [0.4, 0.5) is 11.4 Å². The van der Waals surface area contributed by atoms with Crippen LogP contribution in [-0.4, -0.2) is 45.8 Å². The van der Waals surface area contributed by atoms with Crippen molar-refractivity contribution >= 4 is 35.8 Å². The number of methoxy groups -OCH3 is 4. The van der Waals surface area contributed by atoms with E-state index in [0.29, 0.717) is 52.0 Å². The zero-order valence-electron chi connectivity index (χ0n) is 21.3. The molecule has 1 unspecified atom stereocenters. The van der Waals surface area contributed by atoms with Gasteiger partial charge in [0, 0.05) is 16.9 Å². The van der Waals surface area contributed by atoms with Gasteiger partial charge >= 0.3 is 0 Å². The molecule has 1 aromatic carbocycles. The lowest BCUT2D eigenvalue weighted by Gasteiger charge is -2.18. The molecule has 0 fully saturated rings. The highest BCUT2D eigenvalue weighted by Crippen LogP contribution is 2.25. The summed E-state index contributed by atoms with van der Waals surface area (Å²) in [6.45, 7) is 3.56. The summed E-state index contributed by atoms with van der Waals surface area (Å²) < 4.78 is 21.3. The van der Waals surface area contributed by atoms with Crippen molar-refractivity contribution in [2.75, 3.05) is 39.1 Å². The number of anilines is 2. The molecule has 0 heterocycles. The van der Waals surface area contributed by atoms with E-state index in [1.165, 1.54) is 28.4 Å². The number of rotatable bonds is 11.